The summed E-state index contributed by atoms with van der Waals surface area (Å²) in [7, 11) is 1.45. The van der Waals surface area contributed by atoms with Crippen molar-refractivity contribution < 1.29 is 9.13 Å². The van der Waals surface area contributed by atoms with Gasteiger partial charge in [-0.15, -0.1) is 0 Å². The molecular weight excluding hydrogens is 271 g/mol. The molecule has 21 heavy (non-hydrogen) atoms. The number of benzene rings is 1. The maximum Gasteiger partial charge on any atom is 0.225 e. The van der Waals surface area contributed by atoms with Crippen LogP contribution < -0.4 is 15.0 Å². The molecule has 1 fully saturated rings. The lowest BCUT2D eigenvalue weighted by Gasteiger charge is -2.27. The smallest absolute Gasteiger partial charge is 0.225 e. The number of hydrogen-bond donors (Lipinski definition) is 1. The van der Waals surface area contributed by atoms with Crippen LogP contribution in [0.1, 0.15) is 0 Å². The van der Waals surface area contributed by atoms with Crippen LogP contribution in [-0.4, -0.2) is 43.3 Å². The summed E-state index contributed by atoms with van der Waals surface area (Å²) in [4.78, 5) is 11.0. The molecular formula is C15H17FN4O. The summed E-state index contributed by atoms with van der Waals surface area (Å²) in [6, 6.07) is 6.62. The minimum atomic E-state index is -0.391. The third kappa shape index (κ3) is 2.95. The van der Waals surface area contributed by atoms with Crippen LogP contribution in [0, 0.1) is 5.82 Å². The Morgan fingerprint density at radius 3 is 2.76 bits per heavy atom. The summed E-state index contributed by atoms with van der Waals surface area (Å²) in [5, 5.41) is 3.29. The van der Waals surface area contributed by atoms with Gasteiger partial charge in [-0.1, -0.05) is 0 Å². The van der Waals surface area contributed by atoms with Crippen molar-refractivity contribution in [2.24, 2.45) is 0 Å². The lowest BCUT2D eigenvalue weighted by Crippen LogP contribution is -2.44. The monoisotopic (exact) mass is 288 g/mol. The van der Waals surface area contributed by atoms with Gasteiger partial charge >= 0.3 is 0 Å². The third-order valence-electron chi connectivity index (χ3n) is 3.49. The van der Waals surface area contributed by atoms with Gasteiger partial charge in [0.15, 0.2) is 11.6 Å². The SMILES string of the molecule is COc1ccc(-c2ccnc(N3CCNCC3)n2)cc1F. The first-order chi connectivity index (χ1) is 10.3. The van der Waals surface area contributed by atoms with Gasteiger partial charge in [0.25, 0.3) is 0 Å². The normalized spacial score (nSPS) is 15.0. The second-order valence-electron chi connectivity index (χ2n) is 4.83. The average Bonchev–Trinajstić information content (AvgIpc) is 2.56. The van der Waals surface area contributed by atoms with Crippen molar-refractivity contribution in [2.45, 2.75) is 0 Å². The van der Waals surface area contributed by atoms with Gasteiger partial charge in [-0.2, -0.15) is 0 Å². The van der Waals surface area contributed by atoms with Crippen molar-refractivity contribution in [3.8, 4) is 17.0 Å². The predicted molar refractivity (Wildman–Crippen MR) is 79.1 cm³/mol. The summed E-state index contributed by atoms with van der Waals surface area (Å²) in [6.45, 7) is 3.59. The highest BCUT2D eigenvalue weighted by Gasteiger charge is 2.14. The van der Waals surface area contributed by atoms with Crippen LogP contribution >= 0.6 is 0 Å². The Balaban J connectivity index is 1.90. The fourth-order valence-electron chi connectivity index (χ4n) is 2.35. The van der Waals surface area contributed by atoms with Crippen molar-refractivity contribution in [2.75, 3.05) is 38.2 Å². The van der Waals surface area contributed by atoms with Gasteiger partial charge in [0, 0.05) is 37.9 Å². The van der Waals surface area contributed by atoms with E-state index < -0.39 is 5.82 Å². The first-order valence-electron chi connectivity index (χ1n) is 6.90. The number of aromatic nitrogens is 2. The molecule has 1 N–H and O–H groups in total. The van der Waals surface area contributed by atoms with Gasteiger partial charge in [-0.05, 0) is 24.3 Å². The fraction of sp³-hybridized carbons (Fsp3) is 0.333. The zero-order valence-electron chi connectivity index (χ0n) is 11.8. The van der Waals surface area contributed by atoms with Crippen LogP contribution in [0.15, 0.2) is 30.5 Å². The third-order valence-corrected chi connectivity index (χ3v) is 3.49. The number of anilines is 1. The number of rotatable bonds is 3. The molecule has 0 bridgehead atoms. The molecule has 2 aromatic rings. The Bertz CT molecular complexity index is 629. The van der Waals surface area contributed by atoms with Gasteiger partial charge in [0.1, 0.15) is 0 Å². The molecule has 1 aromatic carbocycles. The number of piperazine rings is 1. The number of nitrogens with one attached hydrogen (secondary N) is 1. The molecule has 0 unspecified atom stereocenters. The topological polar surface area (TPSA) is 50.3 Å². The second kappa shape index (κ2) is 6.05. The molecule has 2 heterocycles. The number of nitrogens with zero attached hydrogens (tertiary/aromatic N) is 3. The maximum absolute atomic E-state index is 13.8. The zero-order chi connectivity index (χ0) is 14.7. The minimum Gasteiger partial charge on any atom is -0.494 e. The summed E-state index contributed by atoms with van der Waals surface area (Å²) < 4.78 is 18.7. The molecule has 0 amide bonds. The van der Waals surface area contributed by atoms with Crippen molar-refractivity contribution in [1.29, 1.82) is 0 Å². The Morgan fingerprint density at radius 2 is 2.05 bits per heavy atom. The molecule has 0 saturated carbocycles. The quantitative estimate of drug-likeness (QED) is 0.931. The molecule has 1 aliphatic rings. The summed E-state index contributed by atoms with van der Waals surface area (Å²) in [5.74, 6) is 0.526. The van der Waals surface area contributed by atoms with E-state index in [1.165, 1.54) is 13.2 Å². The summed E-state index contributed by atoms with van der Waals surface area (Å²) in [6.07, 6.45) is 1.71. The molecule has 1 saturated heterocycles. The van der Waals surface area contributed by atoms with E-state index in [1.807, 2.05) is 0 Å². The van der Waals surface area contributed by atoms with Crippen molar-refractivity contribution in [3.63, 3.8) is 0 Å². The van der Waals surface area contributed by atoms with Crippen LogP contribution in [0.4, 0.5) is 10.3 Å². The van der Waals surface area contributed by atoms with Gasteiger partial charge < -0.3 is 15.0 Å². The zero-order valence-corrected chi connectivity index (χ0v) is 11.8. The molecule has 6 heteroatoms. The number of halogens is 1. The van der Waals surface area contributed by atoms with E-state index in [0.717, 1.165) is 26.2 Å². The molecule has 0 spiro atoms. The Kier molecular flexibility index (Phi) is 3.96. The highest BCUT2D eigenvalue weighted by Crippen LogP contribution is 2.25. The molecule has 5 nitrogen and oxygen atoms in total. The second-order valence-corrected chi connectivity index (χ2v) is 4.83. The van der Waals surface area contributed by atoms with Crippen LogP contribution in [-0.2, 0) is 0 Å². The van der Waals surface area contributed by atoms with Crippen LogP contribution in [0.5, 0.6) is 5.75 Å². The molecule has 0 atom stereocenters. The van der Waals surface area contributed by atoms with E-state index in [1.54, 1.807) is 24.4 Å². The lowest BCUT2D eigenvalue weighted by molar-refractivity contribution is 0.386. The standard InChI is InChI=1S/C15H17FN4O/c1-21-14-3-2-11(10-12(14)16)13-4-5-18-15(19-13)20-8-6-17-7-9-20/h2-5,10,17H,6-9H2,1H3. The van der Waals surface area contributed by atoms with Gasteiger partial charge in [0.2, 0.25) is 5.95 Å². The minimum absolute atomic E-state index is 0.232. The maximum atomic E-state index is 13.8. The molecule has 1 aromatic heterocycles. The van der Waals surface area contributed by atoms with Crippen molar-refractivity contribution >= 4 is 5.95 Å². The van der Waals surface area contributed by atoms with Crippen LogP contribution in [0.25, 0.3) is 11.3 Å². The number of methoxy groups -OCH3 is 1. The average molecular weight is 288 g/mol. The summed E-state index contributed by atoms with van der Waals surface area (Å²) >= 11 is 0. The predicted octanol–water partition coefficient (Wildman–Crippen LogP) is 1.70. The van der Waals surface area contributed by atoms with Crippen LogP contribution in [0.2, 0.25) is 0 Å². The Morgan fingerprint density at radius 1 is 1.24 bits per heavy atom. The number of hydrogen-bond acceptors (Lipinski definition) is 5. The lowest BCUT2D eigenvalue weighted by atomic mass is 10.1. The van der Waals surface area contributed by atoms with E-state index in [0.29, 0.717) is 17.2 Å². The van der Waals surface area contributed by atoms with Crippen LogP contribution in [0.3, 0.4) is 0 Å². The van der Waals surface area contributed by atoms with Gasteiger partial charge in [-0.3, -0.25) is 0 Å². The molecule has 1 aliphatic heterocycles. The Labute approximate surface area is 122 Å². The molecule has 3 rings (SSSR count). The molecule has 0 radical (unpaired) electrons. The first kappa shape index (κ1) is 13.8. The van der Waals surface area contributed by atoms with Crippen molar-refractivity contribution in [3.05, 3.63) is 36.3 Å². The van der Waals surface area contributed by atoms with Gasteiger partial charge in [-0.25, -0.2) is 14.4 Å². The first-order valence-corrected chi connectivity index (χ1v) is 6.90. The van der Waals surface area contributed by atoms with E-state index in [9.17, 15) is 4.39 Å². The molecule has 0 aliphatic carbocycles. The molecule has 110 valence electrons. The highest BCUT2D eigenvalue weighted by molar-refractivity contribution is 5.61. The largest absolute Gasteiger partial charge is 0.494 e. The van der Waals surface area contributed by atoms with Gasteiger partial charge in [0.05, 0.1) is 12.8 Å². The summed E-state index contributed by atoms with van der Waals surface area (Å²) in [5.41, 5.74) is 1.42. The Hall–Kier alpha value is -2.21. The number of ether oxygens (including phenoxy) is 1. The highest BCUT2D eigenvalue weighted by atomic mass is 19.1. The van der Waals surface area contributed by atoms with E-state index in [4.69, 9.17) is 4.74 Å². The van der Waals surface area contributed by atoms with E-state index in [2.05, 4.69) is 20.2 Å². The van der Waals surface area contributed by atoms with E-state index in [-0.39, 0.29) is 5.75 Å². The van der Waals surface area contributed by atoms with E-state index >= 15 is 0 Å². The fourth-order valence-corrected chi connectivity index (χ4v) is 2.35. The van der Waals surface area contributed by atoms with Crippen molar-refractivity contribution in [1.82, 2.24) is 15.3 Å².